The van der Waals surface area contributed by atoms with Gasteiger partial charge in [-0.25, -0.2) is 9.67 Å². The fraction of sp³-hybridized carbons (Fsp3) is 0.222. The van der Waals surface area contributed by atoms with E-state index in [2.05, 4.69) is 20.4 Å². The predicted octanol–water partition coefficient (Wildman–Crippen LogP) is 2.57. The fourth-order valence-electron chi connectivity index (χ4n) is 2.64. The van der Waals surface area contributed by atoms with E-state index < -0.39 is 0 Å². The first-order valence-corrected chi connectivity index (χ1v) is 8.02. The molecule has 3 N–H and O–H groups in total. The molecule has 2 heterocycles. The van der Waals surface area contributed by atoms with E-state index in [1.54, 1.807) is 13.1 Å². The normalized spacial score (nSPS) is 10.9. The van der Waals surface area contributed by atoms with Gasteiger partial charge < -0.3 is 11.1 Å². The van der Waals surface area contributed by atoms with Crippen LogP contribution in [-0.2, 0) is 0 Å². The molecular formula is C18H20N6O. The Morgan fingerprint density at radius 1 is 1.08 bits per heavy atom. The van der Waals surface area contributed by atoms with Crippen molar-refractivity contribution in [2.45, 2.75) is 19.9 Å². The van der Waals surface area contributed by atoms with Crippen LogP contribution in [-0.4, -0.2) is 26.8 Å². The van der Waals surface area contributed by atoms with Crippen molar-refractivity contribution >= 4 is 11.8 Å². The largest absolute Gasteiger partial charge is 0.372 e. The molecule has 2 aromatic heterocycles. The lowest BCUT2D eigenvalue weighted by atomic mass is 10.0. The molecule has 128 valence electrons. The van der Waals surface area contributed by atoms with E-state index in [-0.39, 0.29) is 17.5 Å². The summed E-state index contributed by atoms with van der Waals surface area (Å²) in [5.74, 6) is 0.733. The Kier molecular flexibility index (Phi) is 4.47. The quantitative estimate of drug-likeness (QED) is 0.760. The molecule has 7 nitrogen and oxygen atoms in total. The third-order valence-corrected chi connectivity index (χ3v) is 3.78. The van der Waals surface area contributed by atoms with Crippen molar-refractivity contribution in [1.82, 2.24) is 19.7 Å². The van der Waals surface area contributed by atoms with E-state index in [4.69, 9.17) is 5.73 Å². The highest BCUT2D eigenvalue weighted by Crippen LogP contribution is 2.34. The number of benzene rings is 1. The SMILES string of the molecule is CNc1nc(N)nc(-c2ccccc2)c1-c1ccc(=O)n(C(C)C)n1. The highest BCUT2D eigenvalue weighted by atomic mass is 16.1. The second-order valence-electron chi connectivity index (χ2n) is 5.87. The van der Waals surface area contributed by atoms with Crippen LogP contribution in [0.15, 0.2) is 47.3 Å². The van der Waals surface area contributed by atoms with Crippen LogP contribution in [0.2, 0.25) is 0 Å². The number of nitrogens with two attached hydrogens (primary N) is 1. The average molecular weight is 336 g/mol. The smallest absolute Gasteiger partial charge is 0.267 e. The molecule has 0 atom stereocenters. The Morgan fingerprint density at radius 3 is 2.44 bits per heavy atom. The van der Waals surface area contributed by atoms with Gasteiger partial charge in [0.1, 0.15) is 5.82 Å². The first-order chi connectivity index (χ1) is 12.0. The van der Waals surface area contributed by atoms with Crippen LogP contribution < -0.4 is 16.6 Å². The van der Waals surface area contributed by atoms with Gasteiger partial charge in [-0.05, 0) is 19.9 Å². The van der Waals surface area contributed by atoms with Gasteiger partial charge in [0.15, 0.2) is 0 Å². The van der Waals surface area contributed by atoms with Gasteiger partial charge in [0.05, 0.1) is 23.0 Å². The number of aromatic nitrogens is 4. The van der Waals surface area contributed by atoms with Gasteiger partial charge in [-0.2, -0.15) is 10.1 Å². The molecule has 0 amide bonds. The first-order valence-electron chi connectivity index (χ1n) is 8.02. The third-order valence-electron chi connectivity index (χ3n) is 3.78. The van der Waals surface area contributed by atoms with Gasteiger partial charge in [0.25, 0.3) is 5.56 Å². The summed E-state index contributed by atoms with van der Waals surface area (Å²) in [7, 11) is 1.76. The second kappa shape index (κ2) is 6.72. The number of anilines is 2. The number of nitrogen functional groups attached to an aromatic ring is 1. The summed E-state index contributed by atoms with van der Waals surface area (Å²) in [5, 5.41) is 7.56. The third kappa shape index (κ3) is 3.21. The van der Waals surface area contributed by atoms with Crippen LogP contribution in [0.5, 0.6) is 0 Å². The molecule has 0 aliphatic rings. The van der Waals surface area contributed by atoms with Gasteiger partial charge in [0, 0.05) is 18.7 Å². The van der Waals surface area contributed by atoms with Crippen molar-refractivity contribution < 1.29 is 0 Å². The molecule has 0 aliphatic carbocycles. The topological polar surface area (TPSA) is 98.7 Å². The molecule has 0 aliphatic heterocycles. The molecule has 0 spiro atoms. The Bertz CT molecular complexity index is 950. The van der Waals surface area contributed by atoms with E-state index in [1.807, 2.05) is 44.2 Å². The lowest BCUT2D eigenvalue weighted by Gasteiger charge is -2.15. The highest BCUT2D eigenvalue weighted by molar-refractivity contribution is 5.87. The van der Waals surface area contributed by atoms with Crippen molar-refractivity contribution in [3.63, 3.8) is 0 Å². The van der Waals surface area contributed by atoms with Gasteiger partial charge in [-0.3, -0.25) is 4.79 Å². The molecule has 1 aromatic carbocycles. The molecule has 0 fully saturated rings. The van der Waals surface area contributed by atoms with E-state index >= 15 is 0 Å². The van der Waals surface area contributed by atoms with Crippen molar-refractivity contribution in [1.29, 1.82) is 0 Å². The second-order valence-corrected chi connectivity index (χ2v) is 5.87. The van der Waals surface area contributed by atoms with E-state index in [0.29, 0.717) is 22.8 Å². The highest BCUT2D eigenvalue weighted by Gasteiger charge is 2.18. The van der Waals surface area contributed by atoms with Crippen molar-refractivity contribution in [2.75, 3.05) is 18.1 Å². The summed E-state index contributed by atoms with van der Waals surface area (Å²) >= 11 is 0. The van der Waals surface area contributed by atoms with Crippen molar-refractivity contribution in [3.05, 3.63) is 52.8 Å². The number of nitrogens with one attached hydrogen (secondary N) is 1. The standard InChI is InChI=1S/C18H20N6O/c1-11(2)24-14(25)10-9-13(23-24)15-16(12-7-5-4-6-8-12)21-18(19)22-17(15)20-3/h4-11H,1-3H3,(H3,19,20,21,22). The molecule has 0 saturated carbocycles. The van der Waals surface area contributed by atoms with Crippen LogP contribution in [0.25, 0.3) is 22.5 Å². The van der Waals surface area contributed by atoms with E-state index in [0.717, 1.165) is 5.56 Å². The van der Waals surface area contributed by atoms with E-state index in [1.165, 1.54) is 10.7 Å². The molecule has 0 saturated heterocycles. The number of rotatable bonds is 4. The maximum atomic E-state index is 12.0. The molecule has 3 aromatic rings. The predicted molar refractivity (Wildman–Crippen MR) is 99.3 cm³/mol. The van der Waals surface area contributed by atoms with Gasteiger partial charge in [-0.15, -0.1) is 0 Å². The zero-order valence-electron chi connectivity index (χ0n) is 14.4. The summed E-state index contributed by atoms with van der Waals surface area (Å²) in [4.78, 5) is 20.7. The number of nitrogens with zero attached hydrogens (tertiary/aromatic N) is 4. The summed E-state index contributed by atoms with van der Waals surface area (Å²) in [6.45, 7) is 3.82. The van der Waals surface area contributed by atoms with Crippen molar-refractivity contribution in [3.8, 4) is 22.5 Å². The molecule has 3 rings (SSSR count). The molecular weight excluding hydrogens is 316 g/mol. The Morgan fingerprint density at radius 2 is 1.80 bits per heavy atom. The molecule has 25 heavy (non-hydrogen) atoms. The number of hydrogen-bond donors (Lipinski definition) is 2. The Balaban J connectivity index is 2.32. The minimum absolute atomic E-state index is 0.0552. The first kappa shape index (κ1) is 16.6. The summed E-state index contributed by atoms with van der Waals surface area (Å²) < 4.78 is 1.44. The van der Waals surface area contributed by atoms with Gasteiger partial charge >= 0.3 is 0 Å². The summed E-state index contributed by atoms with van der Waals surface area (Å²) in [6, 6.07) is 12.8. The van der Waals surface area contributed by atoms with Crippen LogP contribution in [0, 0.1) is 0 Å². The summed E-state index contributed by atoms with van der Waals surface area (Å²) in [5.41, 5.74) is 8.61. The lowest BCUT2D eigenvalue weighted by Crippen LogP contribution is -2.24. The fourth-order valence-corrected chi connectivity index (χ4v) is 2.64. The van der Waals surface area contributed by atoms with Crippen LogP contribution in [0.4, 0.5) is 11.8 Å². The van der Waals surface area contributed by atoms with Crippen LogP contribution >= 0.6 is 0 Å². The van der Waals surface area contributed by atoms with Gasteiger partial charge in [0.2, 0.25) is 5.95 Å². The Labute approximate surface area is 145 Å². The maximum Gasteiger partial charge on any atom is 0.267 e. The summed E-state index contributed by atoms with van der Waals surface area (Å²) in [6.07, 6.45) is 0. The molecule has 0 unspecified atom stereocenters. The maximum absolute atomic E-state index is 12.0. The molecule has 7 heteroatoms. The number of hydrogen-bond acceptors (Lipinski definition) is 6. The van der Waals surface area contributed by atoms with Crippen molar-refractivity contribution in [2.24, 2.45) is 0 Å². The van der Waals surface area contributed by atoms with Crippen LogP contribution in [0.3, 0.4) is 0 Å². The minimum atomic E-state index is -0.151. The average Bonchev–Trinajstić information content (AvgIpc) is 2.62. The Hall–Kier alpha value is -3.22. The molecule has 0 radical (unpaired) electrons. The van der Waals surface area contributed by atoms with E-state index in [9.17, 15) is 4.79 Å². The van der Waals surface area contributed by atoms with Gasteiger partial charge in [-0.1, -0.05) is 30.3 Å². The molecule has 0 bridgehead atoms. The van der Waals surface area contributed by atoms with Crippen LogP contribution in [0.1, 0.15) is 19.9 Å². The zero-order chi connectivity index (χ0) is 18.0. The zero-order valence-corrected chi connectivity index (χ0v) is 14.4. The lowest BCUT2D eigenvalue weighted by molar-refractivity contribution is 0.505. The minimum Gasteiger partial charge on any atom is -0.372 e. The monoisotopic (exact) mass is 336 g/mol.